The predicted molar refractivity (Wildman–Crippen MR) is 67.8 cm³/mol. The first-order valence-electron chi connectivity index (χ1n) is 5.72. The summed E-state index contributed by atoms with van der Waals surface area (Å²) >= 11 is 0. The number of ether oxygens (including phenoxy) is 1. The van der Waals surface area contributed by atoms with Gasteiger partial charge in [0.2, 0.25) is 0 Å². The molecule has 0 saturated carbocycles. The van der Waals surface area contributed by atoms with Gasteiger partial charge in [0.25, 0.3) is 5.91 Å². The minimum atomic E-state index is 0.0244. The van der Waals surface area contributed by atoms with Crippen molar-refractivity contribution in [2.75, 3.05) is 27.3 Å². The highest BCUT2D eigenvalue weighted by molar-refractivity contribution is 5.94. The van der Waals surface area contributed by atoms with Gasteiger partial charge >= 0.3 is 0 Å². The largest absolute Gasteiger partial charge is 0.385 e. The summed E-state index contributed by atoms with van der Waals surface area (Å²) < 4.78 is 4.96. The van der Waals surface area contributed by atoms with Crippen LogP contribution in [-0.4, -0.2) is 38.1 Å². The van der Waals surface area contributed by atoms with Crippen molar-refractivity contribution in [2.24, 2.45) is 5.73 Å². The first kappa shape index (κ1) is 13.7. The molecule has 17 heavy (non-hydrogen) atoms. The summed E-state index contributed by atoms with van der Waals surface area (Å²) in [5.41, 5.74) is 7.21. The molecule has 0 aliphatic carbocycles. The minimum absolute atomic E-state index is 0.0244. The van der Waals surface area contributed by atoms with Gasteiger partial charge in [-0.1, -0.05) is 12.1 Å². The van der Waals surface area contributed by atoms with E-state index in [1.54, 1.807) is 19.1 Å². The molecule has 94 valence electrons. The van der Waals surface area contributed by atoms with E-state index in [-0.39, 0.29) is 5.91 Å². The fourth-order valence-electron chi connectivity index (χ4n) is 1.60. The molecule has 0 aliphatic heterocycles. The Balaban J connectivity index is 2.61. The van der Waals surface area contributed by atoms with E-state index in [1.165, 1.54) is 0 Å². The zero-order valence-corrected chi connectivity index (χ0v) is 10.5. The SMILES string of the molecule is COCCCN(C)C(=O)c1cccc(CN)c1. The van der Waals surface area contributed by atoms with Gasteiger partial charge in [-0.25, -0.2) is 0 Å². The van der Waals surface area contributed by atoms with E-state index < -0.39 is 0 Å². The Morgan fingerprint density at radius 2 is 2.24 bits per heavy atom. The zero-order chi connectivity index (χ0) is 12.7. The van der Waals surface area contributed by atoms with Gasteiger partial charge in [-0.05, 0) is 24.1 Å². The number of carbonyl (C=O) groups is 1. The van der Waals surface area contributed by atoms with E-state index in [1.807, 2.05) is 24.3 Å². The summed E-state index contributed by atoms with van der Waals surface area (Å²) in [7, 11) is 3.46. The standard InChI is InChI=1S/C13H20N2O2/c1-15(7-4-8-17-2)13(16)12-6-3-5-11(9-12)10-14/h3,5-6,9H,4,7-8,10,14H2,1-2H3. The molecule has 0 unspecified atom stereocenters. The Hall–Kier alpha value is -1.39. The van der Waals surface area contributed by atoms with Gasteiger partial charge in [0.1, 0.15) is 0 Å². The van der Waals surface area contributed by atoms with Crippen molar-refractivity contribution < 1.29 is 9.53 Å². The van der Waals surface area contributed by atoms with E-state index >= 15 is 0 Å². The highest BCUT2D eigenvalue weighted by Gasteiger charge is 2.11. The number of nitrogens with zero attached hydrogens (tertiary/aromatic N) is 1. The summed E-state index contributed by atoms with van der Waals surface area (Å²) in [6, 6.07) is 7.43. The maximum Gasteiger partial charge on any atom is 0.253 e. The van der Waals surface area contributed by atoms with Crippen molar-refractivity contribution in [3.05, 3.63) is 35.4 Å². The Morgan fingerprint density at radius 1 is 1.47 bits per heavy atom. The molecule has 4 nitrogen and oxygen atoms in total. The zero-order valence-electron chi connectivity index (χ0n) is 10.5. The molecule has 0 heterocycles. The van der Waals surface area contributed by atoms with Crippen molar-refractivity contribution in [1.82, 2.24) is 4.90 Å². The number of carbonyl (C=O) groups excluding carboxylic acids is 1. The van der Waals surface area contributed by atoms with Crippen LogP contribution >= 0.6 is 0 Å². The van der Waals surface area contributed by atoms with E-state index in [9.17, 15) is 4.79 Å². The Morgan fingerprint density at radius 3 is 2.88 bits per heavy atom. The van der Waals surface area contributed by atoms with E-state index in [0.29, 0.717) is 25.3 Å². The normalized spacial score (nSPS) is 10.3. The van der Waals surface area contributed by atoms with Crippen molar-refractivity contribution in [3.63, 3.8) is 0 Å². The molecule has 0 bridgehead atoms. The number of hydrogen-bond acceptors (Lipinski definition) is 3. The average molecular weight is 236 g/mol. The molecule has 0 fully saturated rings. The number of amides is 1. The Labute approximate surface area is 102 Å². The van der Waals surface area contributed by atoms with Crippen LogP contribution in [0.25, 0.3) is 0 Å². The van der Waals surface area contributed by atoms with E-state index in [2.05, 4.69) is 0 Å². The third-order valence-electron chi connectivity index (χ3n) is 2.60. The lowest BCUT2D eigenvalue weighted by molar-refractivity contribution is 0.0779. The number of benzene rings is 1. The second-order valence-electron chi connectivity index (χ2n) is 3.98. The highest BCUT2D eigenvalue weighted by Crippen LogP contribution is 2.07. The molecular formula is C13H20N2O2. The maximum absolute atomic E-state index is 12.1. The van der Waals surface area contributed by atoms with Crippen LogP contribution in [0.5, 0.6) is 0 Å². The third-order valence-corrected chi connectivity index (χ3v) is 2.60. The third kappa shape index (κ3) is 4.17. The average Bonchev–Trinajstić information content (AvgIpc) is 2.38. The van der Waals surface area contributed by atoms with Gasteiger partial charge in [0, 0.05) is 39.4 Å². The van der Waals surface area contributed by atoms with Crippen molar-refractivity contribution >= 4 is 5.91 Å². The maximum atomic E-state index is 12.1. The van der Waals surface area contributed by atoms with Crippen molar-refractivity contribution in [3.8, 4) is 0 Å². The van der Waals surface area contributed by atoms with Gasteiger partial charge in [-0.2, -0.15) is 0 Å². The second kappa shape index (κ2) is 7.04. The lowest BCUT2D eigenvalue weighted by Crippen LogP contribution is -2.28. The number of rotatable bonds is 6. The lowest BCUT2D eigenvalue weighted by atomic mass is 10.1. The summed E-state index contributed by atoms with van der Waals surface area (Å²) in [6.07, 6.45) is 0.843. The van der Waals surface area contributed by atoms with Gasteiger partial charge < -0.3 is 15.4 Å². The minimum Gasteiger partial charge on any atom is -0.385 e. The van der Waals surface area contributed by atoms with Crippen LogP contribution in [0.4, 0.5) is 0 Å². The van der Waals surface area contributed by atoms with Crippen LogP contribution in [0.2, 0.25) is 0 Å². The number of nitrogens with two attached hydrogens (primary N) is 1. The fraction of sp³-hybridized carbons (Fsp3) is 0.462. The summed E-state index contributed by atoms with van der Waals surface area (Å²) in [5.74, 6) is 0.0244. The first-order valence-corrected chi connectivity index (χ1v) is 5.72. The molecule has 0 spiro atoms. The summed E-state index contributed by atoms with van der Waals surface area (Å²) in [5, 5.41) is 0. The van der Waals surface area contributed by atoms with Gasteiger partial charge in [-0.15, -0.1) is 0 Å². The van der Waals surface area contributed by atoms with Crippen LogP contribution in [0, 0.1) is 0 Å². The molecule has 1 rings (SSSR count). The van der Waals surface area contributed by atoms with E-state index in [4.69, 9.17) is 10.5 Å². The van der Waals surface area contributed by atoms with Crippen LogP contribution < -0.4 is 5.73 Å². The molecule has 1 aromatic rings. The number of hydrogen-bond donors (Lipinski definition) is 1. The molecule has 0 atom stereocenters. The molecule has 2 N–H and O–H groups in total. The molecular weight excluding hydrogens is 216 g/mol. The fourth-order valence-corrected chi connectivity index (χ4v) is 1.60. The lowest BCUT2D eigenvalue weighted by Gasteiger charge is -2.17. The predicted octanol–water partition coefficient (Wildman–Crippen LogP) is 1.25. The van der Waals surface area contributed by atoms with Crippen LogP contribution in [0.1, 0.15) is 22.3 Å². The second-order valence-corrected chi connectivity index (χ2v) is 3.98. The topological polar surface area (TPSA) is 55.6 Å². The molecule has 1 amide bonds. The summed E-state index contributed by atoms with van der Waals surface area (Å²) in [6.45, 7) is 1.81. The summed E-state index contributed by atoms with van der Waals surface area (Å²) in [4.78, 5) is 13.8. The number of methoxy groups -OCH3 is 1. The Bertz CT molecular complexity index is 366. The molecule has 0 aromatic heterocycles. The van der Waals surface area contributed by atoms with Crippen molar-refractivity contribution in [1.29, 1.82) is 0 Å². The molecule has 0 saturated heterocycles. The smallest absolute Gasteiger partial charge is 0.253 e. The van der Waals surface area contributed by atoms with Crippen LogP contribution in [0.3, 0.4) is 0 Å². The molecule has 4 heteroatoms. The van der Waals surface area contributed by atoms with Gasteiger partial charge in [-0.3, -0.25) is 4.79 Å². The van der Waals surface area contributed by atoms with Gasteiger partial charge in [0.15, 0.2) is 0 Å². The Kier molecular flexibility index (Phi) is 5.66. The first-order chi connectivity index (χ1) is 8.19. The van der Waals surface area contributed by atoms with Crippen LogP contribution in [0.15, 0.2) is 24.3 Å². The van der Waals surface area contributed by atoms with Gasteiger partial charge in [0.05, 0.1) is 0 Å². The molecule has 0 radical (unpaired) electrons. The van der Waals surface area contributed by atoms with Crippen molar-refractivity contribution in [2.45, 2.75) is 13.0 Å². The highest BCUT2D eigenvalue weighted by atomic mass is 16.5. The van der Waals surface area contributed by atoms with Crippen LogP contribution in [-0.2, 0) is 11.3 Å². The van der Waals surface area contributed by atoms with E-state index in [0.717, 1.165) is 12.0 Å². The quantitative estimate of drug-likeness (QED) is 0.756. The molecule has 1 aromatic carbocycles. The molecule has 0 aliphatic rings. The monoisotopic (exact) mass is 236 g/mol.